The minimum absolute atomic E-state index is 0.0937. The van der Waals surface area contributed by atoms with E-state index < -0.39 is 11.6 Å². The summed E-state index contributed by atoms with van der Waals surface area (Å²) in [7, 11) is 1.52. The van der Waals surface area contributed by atoms with Gasteiger partial charge in [0, 0.05) is 13.7 Å². The third kappa shape index (κ3) is 1.34. The van der Waals surface area contributed by atoms with E-state index in [9.17, 15) is 9.59 Å². The van der Waals surface area contributed by atoms with Crippen molar-refractivity contribution in [2.45, 2.75) is 37.8 Å². The van der Waals surface area contributed by atoms with Crippen LogP contribution in [-0.4, -0.2) is 42.0 Å². The van der Waals surface area contributed by atoms with Crippen LogP contribution in [0.2, 0.25) is 0 Å². The molecule has 2 aliphatic heterocycles. The van der Waals surface area contributed by atoms with Gasteiger partial charge in [-0.15, -0.1) is 0 Å². The summed E-state index contributed by atoms with van der Waals surface area (Å²) in [6, 6.07) is 0. The molecule has 1 atom stereocenters. The molecule has 0 aromatic carbocycles. The molecule has 0 aromatic heterocycles. The lowest BCUT2D eigenvalue weighted by Crippen LogP contribution is -2.59. The Bertz CT molecular complexity index is 319. The summed E-state index contributed by atoms with van der Waals surface area (Å²) >= 11 is 0. The van der Waals surface area contributed by atoms with Crippen molar-refractivity contribution in [3.05, 3.63) is 0 Å². The number of nitrogens with two attached hydrogens (primary N) is 1. The Hall–Kier alpha value is -1.10. The van der Waals surface area contributed by atoms with Crippen LogP contribution in [0.15, 0.2) is 0 Å². The maximum absolute atomic E-state index is 12.1. The molecule has 5 nitrogen and oxygen atoms in total. The van der Waals surface area contributed by atoms with E-state index in [-0.39, 0.29) is 11.8 Å². The van der Waals surface area contributed by atoms with Crippen LogP contribution < -0.4 is 5.73 Å². The van der Waals surface area contributed by atoms with Crippen LogP contribution in [0.1, 0.15) is 26.2 Å². The molecule has 1 unspecified atom stereocenters. The first-order valence-corrected chi connectivity index (χ1v) is 5.69. The zero-order valence-corrected chi connectivity index (χ0v) is 9.73. The van der Waals surface area contributed by atoms with Crippen molar-refractivity contribution < 1.29 is 14.3 Å². The normalized spacial score (nSPS) is 33.4. The number of rotatable bonds is 4. The van der Waals surface area contributed by atoms with E-state index in [0.717, 1.165) is 12.8 Å². The predicted molar refractivity (Wildman–Crippen MR) is 57.5 cm³/mol. The average Bonchev–Trinajstić information content (AvgIpc) is 2.73. The Morgan fingerprint density at radius 2 is 2.19 bits per heavy atom. The molecule has 3 fully saturated rings. The van der Waals surface area contributed by atoms with Crippen molar-refractivity contribution in [2.75, 3.05) is 13.7 Å². The van der Waals surface area contributed by atoms with E-state index in [1.807, 2.05) is 6.92 Å². The van der Waals surface area contributed by atoms with Crippen molar-refractivity contribution >= 4 is 11.8 Å². The van der Waals surface area contributed by atoms with Gasteiger partial charge in [-0.1, -0.05) is 6.92 Å². The lowest BCUT2D eigenvalue weighted by molar-refractivity contribution is -0.151. The van der Waals surface area contributed by atoms with Gasteiger partial charge in [0.25, 0.3) is 5.91 Å². The lowest BCUT2D eigenvalue weighted by Gasteiger charge is -2.39. The molecule has 2 bridgehead atoms. The summed E-state index contributed by atoms with van der Waals surface area (Å²) < 4.78 is 5.12. The smallest absolute Gasteiger partial charge is 0.252 e. The van der Waals surface area contributed by atoms with Gasteiger partial charge in [-0.3, -0.25) is 9.59 Å². The second kappa shape index (κ2) is 3.73. The summed E-state index contributed by atoms with van der Waals surface area (Å²) in [5.74, 6) is -0.0184. The highest BCUT2D eigenvalue weighted by Crippen LogP contribution is 2.50. The van der Waals surface area contributed by atoms with Gasteiger partial charge in [-0.25, -0.2) is 0 Å². The summed E-state index contributed by atoms with van der Waals surface area (Å²) in [5, 5.41) is 0. The van der Waals surface area contributed by atoms with Gasteiger partial charge in [-0.05, 0) is 25.2 Å². The van der Waals surface area contributed by atoms with Crippen LogP contribution in [0.5, 0.6) is 0 Å². The molecule has 90 valence electrons. The van der Waals surface area contributed by atoms with Gasteiger partial charge in [0.15, 0.2) is 0 Å². The first-order chi connectivity index (χ1) is 7.55. The monoisotopic (exact) mass is 226 g/mol. The van der Waals surface area contributed by atoms with E-state index in [1.165, 1.54) is 7.11 Å². The SMILES string of the molecule is CCC(OC)C(=O)N1CC2CC1(C(N)=O)C2. The van der Waals surface area contributed by atoms with Gasteiger partial charge in [0.2, 0.25) is 5.91 Å². The van der Waals surface area contributed by atoms with Gasteiger partial charge in [0.1, 0.15) is 11.6 Å². The molecule has 1 saturated carbocycles. The zero-order valence-electron chi connectivity index (χ0n) is 9.73. The minimum Gasteiger partial charge on any atom is -0.372 e. The number of methoxy groups -OCH3 is 1. The van der Waals surface area contributed by atoms with Gasteiger partial charge >= 0.3 is 0 Å². The number of fused-ring (bicyclic) bond motifs is 1. The zero-order chi connectivity index (χ0) is 11.9. The van der Waals surface area contributed by atoms with E-state index in [0.29, 0.717) is 18.9 Å². The molecule has 0 spiro atoms. The highest BCUT2D eigenvalue weighted by Gasteiger charge is 2.62. The maximum atomic E-state index is 12.1. The molecule has 2 heterocycles. The Kier molecular flexibility index (Phi) is 2.66. The topological polar surface area (TPSA) is 72.6 Å². The molecule has 3 aliphatic rings. The summed E-state index contributed by atoms with van der Waals surface area (Å²) in [5.41, 5.74) is 4.71. The molecule has 0 aromatic rings. The maximum Gasteiger partial charge on any atom is 0.252 e. The number of carbonyl (C=O) groups is 2. The minimum atomic E-state index is -0.701. The third-order valence-electron chi connectivity index (χ3n) is 3.87. The van der Waals surface area contributed by atoms with Crippen LogP contribution >= 0.6 is 0 Å². The second-order valence-corrected chi connectivity index (χ2v) is 4.75. The van der Waals surface area contributed by atoms with Crippen molar-refractivity contribution in [1.82, 2.24) is 4.90 Å². The Labute approximate surface area is 94.9 Å². The summed E-state index contributed by atoms with van der Waals surface area (Å²) in [6.07, 6.45) is 1.63. The summed E-state index contributed by atoms with van der Waals surface area (Å²) in [6.45, 7) is 2.55. The number of amides is 2. The Morgan fingerprint density at radius 1 is 1.56 bits per heavy atom. The van der Waals surface area contributed by atoms with Crippen molar-refractivity contribution in [3.8, 4) is 0 Å². The number of primary amides is 1. The predicted octanol–water partition coefficient (Wildman–Crippen LogP) is -0.112. The van der Waals surface area contributed by atoms with E-state index in [2.05, 4.69) is 0 Å². The molecular formula is C11H18N2O3. The molecule has 0 radical (unpaired) electrons. The highest BCUT2D eigenvalue weighted by molar-refractivity contribution is 5.94. The number of hydrogen-bond donors (Lipinski definition) is 1. The van der Waals surface area contributed by atoms with Crippen LogP contribution in [0.4, 0.5) is 0 Å². The Balaban J connectivity index is 2.16. The molecule has 2 saturated heterocycles. The average molecular weight is 226 g/mol. The lowest BCUT2D eigenvalue weighted by atomic mass is 9.73. The fourth-order valence-corrected chi connectivity index (χ4v) is 2.93. The van der Waals surface area contributed by atoms with Gasteiger partial charge in [-0.2, -0.15) is 0 Å². The molecule has 2 N–H and O–H groups in total. The standard InChI is InChI=1S/C11H18N2O3/c1-3-8(16-2)9(14)13-6-7-4-11(13,5-7)10(12)15/h7-8H,3-6H2,1-2H3,(H2,12,15). The Morgan fingerprint density at radius 3 is 2.62 bits per heavy atom. The van der Waals surface area contributed by atoms with Crippen molar-refractivity contribution in [1.29, 1.82) is 0 Å². The highest BCUT2D eigenvalue weighted by atomic mass is 16.5. The fraction of sp³-hybridized carbons (Fsp3) is 0.818. The van der Waals surface area contributed by atoms with Crippen LogP contribution in [0.25, 0.3) is 0 Å². The second-order valence-electron chi connectivity index (χ2n) is 4.75. The third-order valence-corrected chi connectivity index (χ3v) is 3.87. The number of nitrogens with zero attached hydrogens (tertiary/aromatic N) is 1. The first kappa shape index (κ1) is 11.4. The van der Waals surface area contributed by atoms with E-state index in [4.69, 9.17) is 10.5 Å². The van der Waals surface area contributed by atoms with Crippen LogP contribution in [0.3, 0.4) is 0 Å². The fourth-order valence-electron chi connectivity index (χ4n) is 2.93. The van der Waals surface area contributed by atoms with Gasteiger partial charge in [0.05, 0.1) is 0 Å². The molecule has 16 heavy (non-hydrogen) atoms. The largest absolute Gasteiger partial charge is 0.372 e. The number of carbonyl (C=O) groups excluding carboxylic acids is 2. The molecule has 1 aliphatic carbocycles. The molecule has 5 heteroatoms. The number of ether oxygens (including phenoxy) is 1. The molecular weight excluding hydrogens is 208 g/mol. The van der Waals surface area contributed by atoms with Gasteiger partial charge < -0.3 is 15.4 Å². The van der Waals surface area contributed by atoms with Crippen LogP contribution in [-0.2, 0) is 14.3 Å². The quantitative estimate of drug-likeness (QED) is 0.726. The summed E-state index contributed by atoms with van der Waals surface area (Å²) in [4.78, 5) is 25.2. The van der Waals surface area contributed by atoms with E-state index >= 15 is 0 Å². The van der Waals surface area contributed by atoms with Crippen LogP contribution in [0, 0.1) is 5.92 Å². The van der Waals surface area contributed by atoms with E-state index in [1.54, 1.807) is 4.90 Å². The van der Waals surface area contributed by atoms with Crippen molar-refractivity contribution in [3.63, 3.8) is 0 Å². The van der Waals surface area contributed by atoms with Crippen molar-refractivity contribution in [2.24, 2.45) is 11.7 Å². The molecule has 2 amide bonds. The molecule has 3 rings (SSSR count). The number of hydrogen-bond acceptors (Lipinski definition) is 3. The first-order valence-electron chi connectivity index (χ1n) is 5.69.